The summed E-state index contributed by atoms with van der Waals surface area (Å²) < 4.78 is 0. The lowest BCUT2D eigenvalue weighted by molar-refractivity contribution is 0.534. The molecule has 0 aliphatic heterocycles. The number of rotatable bonds is 6. The van der Waals surface area contributed by atoms with Crippen molar-refractivity contribution in [2.75, 3.05) is 11.4 Å². The molecule has 4 heteroatoms. The van der Waals surface area contributed by atoms with Crippen molar-refractivity contribution in [1.29, 1.82) is 0 Å². The molecule has 0 amide bonds. The Hall–Kier alpha value is -0.610. The average Bonchev–Trinajstić information content (AvgIpc) is 2.98. The van der Waals surface area contributed by atoms with Gasteiger partial charge in [-0.3, -0.25) is 0 Å². The molecular weight excluding hydrogens is 266 g/mol. The second-order valence-corrected chi connectivity index (χ2v) is 7.83. The van der Waals surface area contributed by atoms with Gasteiger partial charge in [-0.1, -0.05) is 26.7 Å². The van der Waals surface area contributed by atoms with E-state index in [1.165, 1.54) is 54.2 Å². The normalized spacial score (nSPS) is 20.0. The standard InChI is InChI=1S/C16H27N3S/c1-11(2)10-19(13-5-3-4-6-13)16-18-15(12-7-8-12)14(9-17)20-16/h11-13H,3-10,17H2,1-2H3. The Morgan fingerprint density at radius 2 is 1.95 bits per heavy atom. The molecule has 2 saturated carbocycles. The Kier molecular flexibility index (Phi) is 4.32. The molecule has 3 nitrogen and oxygen atoms in total. The molecule has 1 aromatic heterocycles. The maximum Gasteiger partial charge on any atom is 0.186 e. The van der Waals surface area contributed by atoms with Crippen molar-refractivity contribution in [3.05, 3.63) is 10.6 Å². The summed E-state index contributed by atoms with van der Waals surface area (Å²) in [5.41, 5.74) is 7.26. The van der Waals surface area contributed by atoms with Crippen LogP contribution in [0.5, 0.6) is 0 Å². The molecule has 0 aromatic carbocycles. The van der Waals surface area contributed by atoms with Crippen LogP contribution >= 0.6 is 11.3 Å². The molecule has 0 bridgehead atoms. The number of aromatic nitrogens is 1. The molecule has 0 atom stereocenters. The minimum Gasteiger partial charge on any atom is -0.345 e. The van der Waals surface area contributed by atoms with Gasteiger partial charge in [0.2, 0.25) is 0 Å². The van der Waals surface area contributed by atoms with E-state index in [2.05, 4.69) is 18.7 Å². The SMILES string of the molecule is CC(C)CN(c1nc(C2CC2)c(CN)s1)C1CCCC1. The van der Waals surface area contributed by atoms with Gasteiger partial charge in [-0.2, -0.15) is 0 Å². The van der Waals surface area contributed by atoms with Crippen LogP contribution in [0.25, 0.3) is 0 Å². The molecule has 1 aromatic rings. The molecule has 0 unspecified atom stereocenters. The summed E-state index contributed by atoms with van der Waals surface area (Å²) in [5.74, 6) is 1.40. The molecule has 0 radical (unpaired) electrons. The van der Waals surface area contributed by atoms with Gasteiger partial charge < -0.3 is 10.6 Å². The van der Waals surface area contributed by atoms with Crippen LogP contribution in [0.1, 0.15) is 68.9 Å². The maximum absolute atomic E-state index is 5.94. The highest BCUT2D eigenvalue weighted by atomic mass is 32.1. The van der Waals surface area contributed by atoms with Crippen molar-refractivity contribution in [3.63, 3.8) is 0 Å². The minimum absolute atomic E-state index is 0.656. The average molecular weight is 293 g/mol. The lowest BCUT2D eigenvalue weighted by atomic mass is 10.1. The number of anilines is 1. The quantitative estimate of drug-likeness (QED) is 0.865. The number of hydrogen-bond donors (Lipinski definition) is 1. The third kappa shape index (κ3) is 3.01. The van der Waals surface area contributed by atoms with Crippen LogP contribution in [0.3, 0.4) is 0 Å². The molecule has 2 fully saturated rings. The summed E-state index contributed by atoms with van der Waals surface area (Å²) in [6.07, 6.45) is 8.05. The molecule has 112 valence electrons. The Balaban J connectivity index is 1.85. The fraction of sp³-hybridized carbons (Fsp3) is 0.812. The van der Waals surface area contributed by atoms with Crippen LogP contribution in [0.4, 0.5) is 5.13 Å². The molecule has 2 N–H and O–H groups in total. The molecule has 3 rings (SSSR count). The van der Waals surface area contributed by atoms with Crippen molar-refractivity contribution < 1.29 is 0 Å². The number of nitrogens with zero attached hydrogens (tertiary/aromatic N) is 2. The first-order valence-corrected chi connectivity index (χ1v) is 8.97. The summed E-state index contributed by atoms with van der Waals surface area (Å²) in [4.78, 5) is 8.92. The summed E-state index contributed by atoms with van der Waals surface area (Å²) in [6, 6.07) is 0.709. The topological polar surface area (TPSA) is 42.2 Å². The van der Waals surface area contributed by atoms with Crippen LogP contribution in [0, 0.1) is 5.92 Å². The van der Waals surface area contributed by atoms with E-state index in [0.717, 1.165) is 6.54 Å². The maximum atomic E-state index is 5.94. The summed E-state index contributed by atoms with van der Waals surface area (Å²) in [7, 11) is 0. The summed E-state index contributed by atoms with van der Waals surface area (Å²) >= 11 is 1.85. The largest absolute Gasteiger partial charge is 0.345 e. The smallest absolute Gasteiger partial charge is 0.186 e. The van der Waals surface area contributed by atoms with Crippen molar-refractivity contribution in [1.82, 2.24) is 4.98 Å². The molecule has 2 aliphatic rings. The lowest BCUT2D eigenvalue weighted by Gasteiger charge is -2.30. The van der Waals surface area contributed by atoms with Gasteiger partial charge in [-0.05, 0) is 31.6 Å². The van der Waals surface area contributed by atoms with Gasteiger partial charge in [-0.25, -0.2) is 4.98 Å². The number of hydrogen-bond acceptors (Lipinski definition) is 4. The van der Waals surface area contributed by atoms with Gasteiger partial charge in [0.15, 0.2) is 5.13 Å². The van der Waals surface area contributed by atoms with Gasteiger partial charge in [0.05, 0.1) is 5.69 Å². The fourth-order valence-electron chi connectivity index (χ4n) is 3.29. The van der Waals surface area contributed by atoms with E-state index < -0.39 is 0 Å². The van der Waals surface area contributed by atoms with Gasteiger partial charge in [0, 0.05) is 29.9 Å². The Bertz CT molecular complexity index is 445. The Labute approximate surface area is 126 Å². The van der Waals surface area contributed by atoms with Gasteiger partial charge in [0.25, 0.3) is 0 Å². The first kappa shape index (κ1) is 14.3. The zero-order valence-corrected chi connectivity index (χ0v) is 13.6. The van der Waals surface area contributed by atoms with E-state index in [1.807, 2.05) is 11.3 Å². The highest BCUT2D eigenvalue weighted by molar-refractivity contribution is 7.15. The molecule has 0 spiro atoms. The lowest BCUT2D eigenvalue weighted by Crippen LogP contribution is -2.36. The third-order valence-corrected chi connectivity index (χ3v) is 5.57. The van der Waals surface area contributed by atoms with Crippen LogP contribution < -0.4 is 10.6 Å². The van der Waals surface area contributed by atoms with Crippen molar-refractivity contribution in [2.45, 2.75) is 70.9 Å². The molecular formula is C16H27N3S. The minimum atomic E-state index is 0.656. The number of nitrogens with two attached hydrogens (primary N) is 1. The second kappa shape index (κ2) is 6.02. The summed E-state index contributed by atoms with van der Waals surface area (Å²) in [6.45, 7) is 6.40. The second-order valence-electron chi connectivity index (χ2n) is 6.77. The third-order valence-electron chi connectivity index (χ3n) is 4.44. The van der Waals surface area contributed by atoms with Gasteiger partial charge in [-0.15, -0.1) is 11.3 Å². The Morgan fingerprint density at radius 1 is 1.25 bits per heavy atom. The fourth-order valence-corrected chi connectivity index (χ4v) is 4.39. The van der Waals surface area contributed by atoms with E-state index in [4.69, 9.17) is 10.7 Å². The van der Waals surface area contributed by atoms with Crippen LogP contribution in [0.2, 0.25) is 0 Å². The first-order valence-electron chi connectivity index (χ1n) is 8.15. The highest BCUT2D eigenvalue weighted by Crippen LogP contribution is 2.44. The zero-order chi connectivity index (χ0) is 14.1. The van der Waals surface area contributed by atoms with Crippen LogP contribution in [-0.4, -0.2) is 17.6 Å². The van der Waals surface area contributed by atoms with Crippen molar-refractivity contribution >= 4 is 16.5 Å². The predicted molar refractivity (Wildman–Crippen MR) is 86.4 cm³/mol. The van der Waals surface area contributed by atoms with Gasteiger partial charge in [0.1, 0.15) is 0 Å². The molecule has 1 heterocycles. The molecule has 0 saturated heterocycles. The van der Waals surface area contributed by atoms with Crippen LogP contribution in [-0.2, 0) is 6.54 Å². The highest BCUT2D eigenvalue weighted by Gasteiger charge is 2.32. The molecule has 20 heavy (non-hydrogen) atoms. The van der Waals surface area contributed by atoms with E-state index in [1.54, 1.807) is 0 Å². The van der Waals surface area contributed by atoms with E-state index in [-0.39, 0.29) is 0 Å². The van der Waals surface area contributed by atoms with Crippen LogP contribution in [0.15, 0.2) is 0 Å². The van der Waals surface area contributed by atoms with E-state index in [9.17, 15) is 0 Å². The van der Waals surface area contributed by atoms with Crippen molar-refractivity contribution in [3.8, 4) is 0 Å². The van der Waals surface area contributed by atoms with E-state index >= 15 is 0 Å². The zero-order valence-electron chi connectivity index (χ0n) is 12.8. The van der Waals surface area contributed by atoms with Gasteiger partial charge >= 0.3 is 0 Å². The first-order chi connectivity index (χ1) is 9.69. The number of thiazole rings is 1. The predicted octanol–water partition coefficient (Wildman–Crippen LogP) is 3.88. The van der Waals surface area contributed by atoms with E-state index in [0.29, 0.717) is 24.4 Å². The molecule has 2 aliphatic carbocycles. The van der Waals surface area contributed by atoms with Crippen molar-refractivity contribution in [2.24, 2.45) is 11.7 Å². The Morgan fingerprint density at radius 3 is 2.50 bits per heavy atom. The monoisotopic (exact) mass is 293 g/mol. The summed E-state index contributed by atoms with van der Waals surface area (Å²) in [5, 5.41) is 1.24.